The van der Waals surface area contributed by atoms with Gasteiger partial charge in [-0.15, -0.1) is 0 Å². The summed E-state index contributed by atoms with van der Waals surface area (Å²) in [7, 11) is 0. The van der Waals surface area contributed by atoms with Crippen LogP contribution in [0.4, 0.5) is 5.69 Å². The number of nitrogens with one attached hydrogen (secondary N) is 3. The zero-order valence-electron chi connectivity index (χ0n) is 12.1. The molecule has 5 heteroatoms. The van der Waals surface area contributed by atoms with E-state index >= 15 is 0 Å². The standard InChI is InChI=1S/C16H21N3O2/c20-15-6-4-11-10-12(3-5-14(11)19-15)16(21)18-13-2-1-8-17-9-7-13/h3,5,10,13,17H,1-2,4,6-9H2,(H,18,21)(H,19,20). The number of amides is 2. The molecule has 0 saturated carbocycles. The first-order chi connectivity index (χ1) is 10.2. The molecule has 0 radical (unpaired) electrons. The fourth-order valence-corrected chi connectivity index (χ4v) is 2.96. The second kappa shape index (κ2) is 6.26. The first-order valence-corrected chi connectivity index (χ1v) is 7.67. The molecule has 1 atom stereocenters. The van der Waals surface area contributed by atoms with Crippen molar-refractivity contribution in [1.29, 1.82) is 0 Å². The summed E-state index contributed by atoms with van der Waals surface area (Å²) in [6, 6.07) is 5.77. The number of fused-ring (bicyclic) bond motifs is 1. The highest BCUT2D eigenvalue weighted by Gasteiger charge is 2.19. The van der Waals surface area contributed by atoms with Gasteiger partial charge in [-0.25, -0.2) is 0 Å². The Morgan fingerprint density at radius 3 is 3.00 bits per heavy atom. The van der Waals surface area contributed by atoms with E-state index in [4.69, 9.17) is 0 Å². The molecule has 2 aliphatic heterocycles. The molecule has 2 heterocycles. The van der Waals surface area contributed by atoms with Crippen molar-refractivity contribution in [2.75, 3.05) is 18.4 Å². The summed E-state index contributed by atoms with van der Waals surface area (Å²) in [5.41, 5.74) is 2.56. The molecule has 0 bridgehead atoms. The average Bonchev–Trinajstić information content (AvgIpc) is 2.75. The maximum Gasteiger partial charge on any atom is 0.251 e. The molecule has 1 saturated heterocycles. The van der Waals surface area contributed by atoms with E-state index in [1.54, 1.807) is 6.07 Å². The summed E-state index contributed by atoms with van der Waals surface area (Å²) < 4.78 is 0. The van der Waals surface area contributed by atoms with Crippen molar-refractivity contribution in [1.82, 2.24) is 10.6 Å². The van der Waals surface area contributed by atoms with Gasteiger partial charge in [0.1, 0.15) is 0 Å². The van der Waals surface area contributed by atoms with Crippen LogP contribution in [0.1, 0.15) is 41.6 Å². The van der Waals surface area contributed by atoms with Gasteiger partial charge in [-0.2, -0.15) is 0 Å². The fourth-order valence-electron chi connectivity index (χ4n) is 2.96. The van der Waals surface area contributed by atoms with Crippen LogP contribution in [0.25, 0.3) is 0 Å². The van der Waals surface area contributed by atoms with E-state index in [-0.39, 0.29) is 17.9 Å². The Balaban J connectivity index is 1.68. The van der Waals surface area contributed by atoms with Gasteiger partial charge in [-0.05, 0) is 62.5 Å². The van der Waals surface area contributed by atoms with Crippen LogP contribution in [0.3, 0.4) is 0 Å². The van der Waals surface area contributed by atoms with Crippen LogP contribution in [-0.2, 0) is 11.2 Å². The van der Waals surface area contributed by atoms with Crippen LogP contribution in [-0.4, -0.2) is 30.9 Å². The molecule has 0 aromatic heterocycles. The summed E-state index contributed by atoms with van der Waals surface area (Å²) in [4.78, 5) is 23.7. The Morgan fingerprint density at radius 1 is 1.19 bits per heavy atom. The van der Waals surface area contributed by atoms with E-state index in [2.05, 4.69) is 16.0 Å². The lowest BCUT2D eigenvalue weighted by Gasteiger charge is -2.19. The lowest BCUT2D eigenvalue weighted by molar-refractivity contribution is -0.116. The normalized spacial score (nSPS) is 21.9. The van der Waals surface area contributed by atoms with Gasteiger partial charge in [-0.3, -0.25) is 9.59 Å². The maximum absolute atomic E-state index is 12.4. The molecule has 112 valence electrons. The van der Waals surface area contributed by atoms with E-state index < -0.39 is 0 Å². The van der Waals surface area contributed by atoms with Crippen molar-refractivity contribution in [3.63, 3.8) is 0 Å². The minimum Gasteiger partial charge on any atom is -0.349 e. The van der Waals surface area contributed by atoms with Gasteiger partial charge in [0.15, 0.2) is 0 Å². The van der Waals surface area contributed by atoms with Gasteiger partial charge in [0.05, 0.1) is 0 Å². The first kappa shape index (κ1) is 14.1. The number of carbonyl (C=O) groups is 2. The summed E-state index contributed by atoms with van der Waals surface area (Å²) in [6.07, 6.45) is 4.30. The Labute approximate surface area is 124 Å². The lowest BCUT2D eigenvalue weighted by atomic mass is 10.00. The van der Waals surface area contributed by atoms with Crippen LogP contribution in [0.5, 0.6) is 0 Å². The van der Waals surface area contributed by atoms with Crippen LogP contribution in [0.15, 0.2) is 18.2 Å². The SMILES string of the molecule is O=C1CCc2cc(C(=O)NC3CCCNCC3)ccc2N1. The number of benzene rings is 1. The third-order valence-corrected chi connectivity index (χ3v) is 4.17. The van der Waals surface area contributed by atoms with Gasteiger partial charge in [0, 0.05) is 23.7 Å². The molecule has 3 N–H and O–H groups in total. The van der Waals surface area contributed by atoms with E-state index in [0.717, 1.165) is 43.6 Å². The molecule has 1 unspecified atom stereocenters. The fraction of sp³-hybridized carbons (Fsp3) is 0.500. The van der Waals surface area contributed by atoms with Crippen LogP contribution < -0.4 is 16.0 Å². The highest BCUT2D eigenvalue weighted by atomic mass is 16.2. The lowest BCUT2D eigenvalue weighted by Crippen LogP contribution is -2.35. The minimum atomic E-state index is -0.0124. The molecule has 2 amide bonds. The van der Waals surface area contributed by atoms with E-state index in [1.807, 2.05) is 12.1 Å². The number of aryl methyl sites for hydroxylation is 1. The Morgan fingerprint density at radius 2 is 2.10 bits per heavy atom. The Bertz CT molecular complexity index is 548. The smallest absolute Gasteiger partial charge is 0.251 e. The molecular formula is C16H21N3O2. The quantitative estimate of drug-likeness (QED) is 0.771. The second-order valence-corrected chi connectivity index (χ2v) is 5.77. The molecule has 1 aromatic rings. The highest BCUT2D eigenvalue weighted by molar-refractivity contribution is 5.98. The molecule has 21 heavy (non-hydrogen) atoms. The molecule has 3 rings (SSSR count). The average molecular weight is 287 g/mol. The predicted molar refractivity (Wildman–Crippen MR) is 81.4 cm³/mol. The number of hydrogen-bond donors (Lipinski definition) is 3. The summed E-state index contributed by atoms with van der Waals surface area (Å²) >= 11 is 0. The molecular weight excluding hydrogens is 266 g/mol. The van der Waals surface area contributed by atoms with Crippen molar-refractivity contribution >= 4 is 17.5 Å². The second-order valence-electron chi connectivity index (χ2n) is 5.77. The number of anilines is 1. The number of carbonyl (C=O) groups excluding carboxylic acids is 2. The zero-order chi connectivity index (χ0) is 14.7. The van der Waals surface area contributed by atoms with Crippen LogP contribution >= 0.6 is 0 Å². The molecule has 0 spiro atoms. The summed E-state index contributed by atoms with van der Waals surface area (Å²) in [6.45, 7) is 1.99. The number of hydrogen-bond acceptors (Lipinski definition) is 3. The van der Waals surface area contributed by atoms with Gasteiger partial charge < -0.3 is 16.0 Å². The van der Waals surface area contributed by atoms with Crippen molar-refractivity contribution in [2.45, 2.75) is 38.1 Å². The zero-order valence-corrected chi connectivity index (χ0v) is 12.1. The minimum absolute atomic E-state index is 0.0124. The molecule has 2 aliphatic rings. The monoisotopic (exact) mass is 287 g/mol. The van der Waals surface area contributed by atoms with Gasteiger partial charge >= 0.3 is 0 Å². The van der Waals surface area contributed by atoms with Crippen molar-refractivity contribution < 1.29 is 9.59 Å². The van der Waals surface area contributed by atoms with Crippen molar-refractivity contribution in [3.8, 4) is 0 Å². The molecule has 5 nitrogen and oxygen atoms in total. The van der Waals surface area contributed by atoms with Crippen molar-refractivity contribution in [2.24, 2.45) is 0 Å². The third kappa shape index (κ3) is 3.42. The molecule has 1 aromatic carbocycles. The predicted octanol–water partition coefficient (Wildman–Crippen LogP) is 1.44. The summed E-state index contributed by atoms with van der Waals surface area (Å²) in [5.74, 6) is 0.0345. The summed E-state index contributed by atoms with van der Waals surface area (Å²) in [5, 5.41) is 9.31. The number of rotatable bonds is 2. The third-order valence-electron chi connectivity index (χ3n) is 4.17. The van der Waals surface area contributed by atoms with Gasteiger partial charge in [-0.1, -0.05) is 0 Å². The van der Waals surface area contributed by atoms with Crippen LogP contribution in [0, 0.1) is 0 Å². The van der Waals surface area contributed by atoms with E-state index in [0.29, 0.717) is 18.4 Å². The Hall–Kier alpha value is -1.88. The van der Waals surface area contributed by atoms with E-state index in [9.17, 15) is 9.59 Å². The van der Waals surface area contributed by atoms with Gasteiger partial charge in [0.2, 0.25) is 5.91 Å². The van der Waals surface area contributed by atoms with E-state index in [1.165, 1.54) is 0 Å². The van der Waals surface area contributed by atoms with Crippen molar-refractivity contribution in [3.05, 3.63) is 29.3 Å². The largest absolute Gasteiger partial charge is 0.349 e. The molecule has 1 fully saturated rings. The maximum atomic E-state index is 12.4. The van der Waals surface area contributed by atoms with Crippen LogP contribution in [0.2, 0.25) is 0 Å². The highest BCUT2D eigenvalue weighted by Crippen LogP contribution is 2.23. The molecule has 0 aliphatic carbocycles. The van der Waals surface area contributed by atoms with Gasteiger partial charge in [0.25, 0.3) is 5.91 Å². The first-order valence-electron chi connectivity index (χ1n) is 7.67. The topological polar surface area (TPSA) is 70.2 Å². The Kier molecular flexibility index (Phi) is 4.20.